The van der Waals surface area contributed by atoms with E-state index in [-0.39, 0.29) is 23.5 Å². The number of rotatable bonds is 5. The van der Waals surface area contributed by atoms with Crippen molar-refractivity contribution in [2.24, 2.45) is 0 Å². The summed E-state index contributed by atoms with van der Waals surface area (Å²) in [6, 6.07) is 6.00. The number of anilines is 1. The summed E-state index contributed by atoms with van der Waals surface area (Å²) >= 11 is 0. The van der Waals surface area contributed by atoms with E-state index in [9.17, 15) is 22.0 Å². The molecule has 9 heteroatoms. The van der Waals surface area contributed by atoms with Gasteiger partial charge in [0.15, 0.2) is 0 Å². The molecule has 0 spiro atoms. The maximum atomic E-state index is 14.0. The molecule has 1 atom stereocenters. The number of pyridine rings is 1. The van der Waals surface area contributed by atoms with Gasteiger partial charge in [0, 0.05) is 12.1 Å². The van der Waals surface area contributed by atoms with Gasteiger partial charge in [0.25, 0.3) is 0 Å². The molecule has 0 aliphatic rings. The Morgan fingerprint density at radius 1 is 1.15 bits per heavy atom. The second-order valence-electron chi connectivity index (χ2n) is 5.70. The van der Waals surface area contributed by atoms with E-state index in [1.54, 1.807) is 20.2 Å². The monoisotopic (exact) mass is 370 g/mol. The van der Waals surface area contributed by atoms with Crippen LogP contribution in [0.1, 0.15) is 22.9 Å². The Kier molecular flexibility index (Phi) is 5.77. The fourth-order valence-corrected chi connectivity index (χ4v) is 2.41. The third-order valence-electron chi connectivity index (χ3n) is 3.73. The summed E-state index contributed by atoms with van der Waals surface area (Å²) in [5.41, 5.74) is -1.50. The smallest absolute Gasteiger partial charge is 0.367 e. The molecule has 0 aliphatic heterocycles. The normalized spacial score (nSPS) is 12.7. The third kappa shape index (κ3) is 4.26. The lowest BCUT2D eigenvalue weighted by Crippen LogP contribution is -2.29. The highest BCUT2D eigenvalue weighted by atomic mass is 19.4. The van der Waals surface area contributed by atoms with Crippen LogP contribution >= 0.6 is 0 Å². The third-order valence-corrected chi connectivity index (χ3v) is 3.73. The van der Waals surface area contributed by atoms with Crippen molar-refractivity contribution in [2.75, 3.05) is 26.0 Å². The molecule has 0 bridgehead atoms. The number of likely N-dealkylation sites (N-methyl/N-ethyl adjacent to an activating group) is 1. The molecule has 0 saturated heterocycles. The van der Waals surface area contributed by atoms with Gasteiger partial charge >= 0.3 is 6.18 Å². The van der Waals surface area contributed by atoms with Gasteiger partial charge in [-0.2, -0.15) is 18.4 Å². The van der Waals surface area contributed by atoms with Crippen LogP contribution in [0.5, 0.6) is 0 Å². The molecule has 0 aliphatic carbocycles. The van der Waals surface area contributed by atoms with Crippen LogP contribution in [0.2, 0.25) is 0 Å². The Bertz CT molecular complexity index is 807. The summed E-state index contributed by atoms with van der Waals surface area (Å²) in [7, 11) is 3.14. The van der Waals surface area contributed by atoms with Crippen molar-refractivity contribution in [1.29, 1.82) is 5.26 Å². The second kappa shape index (κ2) is 7.66. The maximum absolute atomic E-state index is 14.0. The van der Waals surface area contributed by atoms with Gasteiger partial charge < -0.3 is 10.2 Å². The van der Waals surface area contributed by atoms with E-state index < -0.39 is 29.5 Å². The predicted octanol–water partition coefficient (Wildman–Crippen LogP) is 3.97. The Balaban J connectivity index is 2.34. The molecular formula is C17H15F5N4. The molecule has 1 aromatic heterocycles. The van der Waals surface area contributed by atoms with Crippen molar-refractivity contribution in [2.45, 2.75) is 12.2 Å². The quantitative estimate of drug-likeness (QED) is 0.810. The van der Waals surface area contributed by atoms with Gasteiger partial charge in [-0.25, -0.2) is 13.8 Å². The van der Waals surface area contributed by atoms with Crippen molar-refractivity contribution >= 4 is 5.82 Å². The van der Waals surface area contributed by atoms with Crippen LogP contribution in [0, 0.1) is 23.0 Å². The van der Waals surface area contributed by atoms with Gasteiger partial charge in [0.2, 0.25) is 0 Å². The molecule has 0 radical (unpaired) electrons. The summed E-state index contributed by atoms with van der Waals surface area (Å²) in [6.07, 6.45) is -4.68. The fourth-order valence-electron chi connectivity index (χ4n) is 2.41. The number of nitrogens with one attached hydrogen (secondary N) is 1. The Morgan fingerprint density at radius 3 is 2.27 bits per heavy atom. The summed E-state index contributed by atoms with van der Waals surface area (Å²) in [5, 5.41) is 11.7. The van der Waals surface area contributed by atoms with E-state index in [2.05, 4.69) is 10.3 Å². The SMILES string of the molecule is CN(C)C(CNc1nc(C(F)(F)F)ccc1C#N)c1c(F)cccc1F. The Labute approximate surface area is 146 Å². The topological polar surface area (TPSA) is 52.0 Å². The molecule has 1 N–H and O–H groups in total. The lowest BCUT2D eigenvalue weighted by Gasteiger charge is -2.26. The largest absolute Gasteiger partial charge is 0.433 e. The maximum Gasteiger partial charge on any atom is 0.433 e. The van der Waals surface area contributed by atoms with E-state index in [1.165, 1.54) is 11.0 Å². The Morgan fingerprint density at radius 2 is 1.77 bits per heavy atom. The minimum atomic E-state index is -4.68. The zero-order valence-electron chi connectivity index (χ0n) is 13.9. The zero-order valence-corrected chi connectivity index (χ0v) is 13.9. The summed E-state index contributed by atoms with van der Waals surface area (Å²) < 4.78 is 66.5. The number of halogens is 5. The van der Waals surface area contributed by atoms with E-state index in [1.807, 2.05) is 0 Å². The minimum Gasteiger partial charge on any atom is -0.367 e. The Hall–Kier alpha value is -2.73. The highest BCUT2D eigenvalue weighted by Gasteiger charge is 2.33. The van der Waals surface area contributed by atoms with E-state index in [0.717, 1.165) is 18.2 Å². The predicted molar refractivity (Wildman–Crippen MR) is 85.2 cm³/mol. The standard InChI is InChI=1S/C17H15F5N4/c1-26(2)13(15-11(18)4-3-5-12(15)19)9-24-16-10(8-23)6-7-14(25-16)17(20,21)22/h3-7,13H,9H2,1-2H3,(H,24,25). The first kappa shape index (κ1) is 19.6. The summed E-state index contributed by atoms with van der Waals surface area (Å²) in [6.45, 7) is -0.159. The molecule has 0 amide bonds. The van der Waals surface area contributed by atoms with Gasteiger partial charge in [-0.15, -0.1) is 0 Å². The first-order valence-electron chi connectivity index (χ1n) is 7.47. The van der Waals surface area contributed by atoms with Crippen molar-refractivity contribution in [1.82, 2.24) is 9.88 Å². The van der Waals surface area contributed by atoms with Crippen molar-refractivity contribution in [3.05, 3.63) is 58.8 Å². The number of hydrogen-bond donors (Lipinski definition) is 1. The fraction of sp³-hybridized carbons (Fsp3) is 0.294. The number of aromatic nitrogens is 1. The molecule has 138 valence electrons. The van der Waals surface area contributed by atoms with Crippen LogP contribution in [0.25, 0.3) is 0 Å². The summed E-state index contributed by atoms with van der Waals surface area (Å²) in [5.74, 6) is -1.85. The van der Waals surface area contributed by atoms with E-state index in [0.29, 0.717) is 6.07 Å². The molecule has 1 aromatic carbocycles. The van der Waals surface area contributed by atoms with Crippen LogP contribution in [0.15, 0.2) is 30.3 Å². The van der Waals surface area contributed by atoms with Crippen molar-refractivity contribution in [3.8, 4) is 6.07 Å². The molecule has 1 unspecified atom stereocenters. The van der Waals surface area contributed by atoms with Gasteiger partial charge in [-0.3, -0.25) is 0 Å². The van der Waals surface area contributed by atoms with Crippen LogP contribution in [0.3, 0.4) is 0 Å². The molecule has 26 heavy (non-hydrogen) atoms. The summed E-state index contributed by atoms with van der Waals surface area (Å²) in [4.78, 5) is 4.93. The molecule has 0 saturated carbocycles. The average molecular weight is 370 g/mol. The van der Waals surface area contributed by atoms with Gasteiger partial charge in [0.05, 0.1) is 11.6 Å². The van der Waals surface area contributed by atoms with Crippen LogP contribution in [0.4, 0.5) is 27.8 Å². The molecule has 1 heterocycles. The number of hydrogen-bond acceptors (Lipinski definition) is 4. The van der Waals surface area contributed by atoms with E-state index in [4.69, 9.17) is 5.26 Å². The number of nitrogens with zero attached hydrogens (tertiary/aromatic N) is 3. The molecular weight excluding hydrogens is 355 g/mol. The number of nitriles is 1. The van der Waals surface area contributed by atoms with Crippen molar-refractivity contribution < 1.29 is 22.0 Å². The highest BCUT2D eigenvalue weighted by molar-refractivity contribution is 5.52. The lowest BCUT2D eigenvalue weighted by molar-refractivity contribution is -0.141. The van der Waals surface area contributed by atoms with E-state index >= 15 is 0 Å². The minimum absolute atomic E-state index is 0.107. The first-order chi connectivity index (χ1) is 12.1. The second-order valence-corrected chi connectivity index (χ2v) is 5.70. The van der Waals surface area contributed by atoms with Gasteiger partial charge in [-0.1, -0.05) is 6.07 Å². The average Bonchev–Trinajstić information content (AvgIpc) is 2.56. The molecule has 2 rings (SSSR count). The number of alkyl halides is 3. The first-order valence-corrected chi connectivity index (χ1v) is 7.47. The van der Waals surface area contributed by atoms with Crippen LogP contribution in [-0.2, 0) is 6.18 Å². The van der Waals surface area contributed by atoms with Crippen LogP contribution < -0.4 is 5.32 Å². The zero-order chi connectivity index (χ0) is 19.5. The lowest BCUT2D eigenvalue weighted by atomic mass is 10.0. The molecule has 4 nitrogen and oxygen atoms in total. The van der Waals surface area contributed by atoms with Crippen LogP contribution in [-0.4, -0.2) is 30.5 Å². The highest BCUT2D eigenvalue weighted by Crippen LogP contribution is 2.30. The van der Waals surface area contributed by atoms with Gasteiger partial charge in [0.1, 0.15) is 29.2 Å². The molecule has 0 fully saturated rings. The molecule has 2 aromatic rings. The van der Waals surface area contributed by atoms with Crippen molar-refractivity contribution in [3.63, 3.8) is 0 Å². The number of benzene rings is 1. The van der Waals surface area contributed by atoms with Gasteiger partial charge in [-0.05, 0) is 38.4 Å².